The van der Waals surface area contributed by atoms with Crippen LogP contribution in [0.3, 0.4) is 0 Å². The topological polar surface area (TPSA) is 82.0 Å². The maximum Gasteiger partial charge on any atom is 0.303 e. The summed E-state index contributed by atoms with van der Waals surface area (Å²) in [5.41, 5.74) is 5.29. The molecule has 1 unspecified atom stereocenters. The van der Waals surface area contributed by atoms with Crippen LogP contribution in [0.25, 0.3) is 0 Å². The van der Waals surface area contributed by atoms with Crippen LogP contribution in [0.15, 0.2) is 71.7 Å². The number of rotatable bonds is 8. The molecular weight excluding hydrogens is 489 g/mol. The van der Waals surface area contributed by atoms with Gasteiger partial charge in [0.25, 0.3) is 0 Å². The van der Waals surface area contributed by atoms with Crippen LogP contribution >= 0.6 is 11.8 Å². The van der Waals surface area contributed by atoms with Crippen molar-refractivity contribution in [2.75, 3.05) is 29.9 Å². The van der Waals surface area contributed by atoms with Crippen LogP contribution in [0.1, 0.15) is 34.6 Å². The normalized spacial score (nSPS) is 17.9. The van der Waals surface area contributed by atoms with Crippen LogP contribution in [0.5, 0.6) is 0 Å². The minimum atomic E-state index is -0.847. The third kappa shape index (κ3) is 6.09. The third-order valence-electron chi connectivity index (χ3n) is 6.69. The predicted octanol–water partition coefficient (Wildman–Crippen LogP) is 5.25. The summed E-state index contributed by atoms with van der Waals surface area (Å²) < 4.78 is 13.8. The fourth-order valence-electron chi connectivity index (χ4n) is 4.73. The molecule has 190 valence electrons. The maximum atomic E-state index is 13.8. The van der Waals surface area contributed by atoms with Gasteiger partial charge < -0.3 is 10.4 Å². The third-order valence-corrected chi connectivity index (χ3v) is 7.64. The van der Waals surface area contributed by atoms with Crippen molar-refractivity contribution in [2.45, 2.75) is 25.3 Å². The van der Waals surface area contributed by atoms with Gasteiger partial charge in [0.1, 0.15) is 11.7 Å². The van der Waals surface area contributed by atoms with Crippen molar-refractivity contribution in [2.24, 2.45) is 4.99 Å². The van der Waals surface area contributed by atoms with Crippen molar-refractivity contribution in [3.05, 3.63) is 94.8 Å². The molecule has 3 aromatic rings. The number of aryl methyl sites for hydroxylation is 1. The number of carbonyl (C=O) groups is 2. The number of nitrogens with zero attached hydrogens (tertiary/aromatic N) is 2. The fourth-order valence-corrected chi connectivity index (χ4v) is 5.71. The Hall–Kier alpha value is -3.49. The Balaban J connectivity index is 1.46. The second-order valence-corrected chi connectivity index (χ2v) is 10.5. The van der Waals surface area contributed by atoms with Gasteiger partial charge in [-0.15, -0.1) is 0 Å². The molecule has 0 aromatic heterocycles. The summed E-state index contributed by atoms with van der Waals surface area (Å²) in [5, 5.41) is 11.8. The van der Waals surface area contributed by atoms with Crippen LogP contribution < -0.4 is 5.32 Å². The Morgan fingerprint density at radius 1 is 1.03 bits per heavy atom. The van der Waals surface area contributed by atoms with Gasteiger partial charge in [-0.25, -0.2) is 4.39 Å². The quantitative estimate of drug-likeness (QED) is 0.399. The lowest BCUT2D eigenvalue weighted by Crippen LogP contribution is -2.31. The number of aliphatic imine (C=N–C) groups is 1. The summed E-state index contributed by atoms with van der Waals surface area (Å²) in [7, 11) is 0. The number of benzene rings is 3. The van der Waals surface area contributed by atoms with Gasteiger partial charge in [0, 0.05) is 43.2 Å². The molecule has 37 heavy (non-hydrogen) atoms. The zero-order valence-corrected chi connectivity index (χ0v) is 21.1. The van der Waals surface area contributed by atoms with Crippen LogP contribution in [-0.4, -0.2) is 52.2 Å². The standard InChI is InChI=1S/C29H28FN3O3S/c30-22-8-11-24-25(17-22)32-29(36)27(24)28(21-6-1-19(2-7-21)5-12-26(34)35)31-23-9-3-20(4-10-23)18-33-13-15-37-16-14-33/h1-4,6-11,17,27H,5,12-16,18H2,(H,32,36)(H,34,35). The number of fused-ring (bicyclic) bond motifs is 1. The second-order valence-electron chi connectivity index (χ2n) is 9.30. The molecule has 2 aliphatic rings. The van der Waals surface area contributed by atoms with Gasteiger partial charge in [0.15, 0.2) is 0 Å². The molecule has 0 spiro atoms. The van der Waals surface area contributed by atoms with Crippen molar-refractivity contribution in [1.29, 1.82) is 0 Å². The molecule has 3 aromatic carbocycles. The van der Waals surface area contributed by atoms with E-state index >= 15 is 0 Å². The minimum Gasteiger partial charge on any atom is -0.481 e. The highest BCUT2D eigenvalue weighted by molar-refractivity contribution is 7.99. The van der Waals surface area contributed by atoms with Crippen LogP contribution in [0, 0.1) is 5.82 Å². The molecule has 2 aliphatic heterocycles. The molecule has 2 heterocycles. The zero-order chi connectivity index (χ0) is 25.8. The first-order valence-electron chi connectivity index (χ1n) is 12.4. The predicted molar refractivity (Wildman–Crippen MR) is 145 cm³/mol. The van der Waals surface area contributed by atoms with E-state index in [2.05, 4.69) is 22.3 Å². The SMILES string of the molecule is O=C(O)CCc1ccc(C(=Nc2ccc(CN3CCSCC3)cc2)C2C(=O)Nc3cc(F)ccc32)cc1. The molecule has 2 N–H and O–H groups in total. The number of carboxylic acids is 1. The zero-order valence-electron chi connectivity index (χ0n) is 20.3. The molecule has 1 atom stereocenters. The van der Waals surface area contributed by atoms with Crippen LogP contribution in [-0.2, 0) is 22.6 Å². The minimum absolute atomic E-state index is 0.0485. The first-order chi connectivity index (χ1) is 18.0. The van der Waals surface area contributed by atoms with Crippen molar-refractivity contribution < 1.29 is 19.1 Å². The molecule has 1 saturated heterocycles. The van der Waals surface area contributed by atoms with Crippen molar-refractivity contribution in [3.8, 4) is 0 Å². The van der Waals surface area contributed by atoms with Gasteiger partial charge in [0.05, 0.1) is 11.4 Å². The number of carboxylic acid groups (broad SMARTS) is 1. The number of hydrogen-bond donors (Lipinski definition) is 2. The highest BCUT2D eigenvalue weighted by Crippen LogP contribution is 2.37. The largest absolute Gasteiger partial charge is 0.481 e. The smallest absolute Gasteiger partial charge is 0.303 e. The summed E-state index contributed by atoms with van der Waals surface area (Å²) >= 11 is 1.99. The molecule has 5 rings (SSSR count). The lowest BCUT2D eigenvalue weighted by Gasteiger charge is -2.26. The highest BCUT2D eigenvalue weighted by atomic mass is 32.2. The molecular formula is C29H28FN3O3S. The van der Waals surface area contributed by atoms with Crippen LogP contribution in [0.2, 0.25) is 0 Å². The Kier molecular flexibility index (Phi) is 7.67. The van der Waals surface area contributed by atoms with Crippen molar-refractivity contribution >= 4 is 40.7 Å². The summed E-state index contributed by atoms with van der Waals surface area (Å²) in [5.74, 6) is 0.120. The first-order valence-corrected chi connectivity index (χ1v) is 13.5. The first kappa shape index (κ1) is 25.2. The van der Waals surface area contributed by atoms with E-state index in [1.54, 1.807) is 6.07 Å². The van der Waals surface area contributed by atoms with Crippen molar-refractivity contribution in [3.63, 3.8) is 0 Å². The molecule has 0 radical (unpaired) electrons. The Labute approximate surface area is 219 Å². The monoisotopic (exact) mass is 517 g/mol. The summed E-state index contributed by atoms with van der Waals surface area (Å²) in [6.45, 7) is 3.08. The van der Waals surface area contributed by atoms with Gasteiger partial charge >= 0.3 is 5.97 Å². The summed E-state index contributed by atoms with van der Waals surface area (Å²) in [4.78, 5) is 31.4. The lowest BCUT2D eigenvalue weighted by atomic mass is 9.90. The van der Waals surface area contributed by atoms with Gasteiger partial charge in [-0.05, 0) is 52.9 Å². The van der Waals surface area contributed by atoms with E-state index in [0.29, 0.717) is 23.4 Å². The number of amides is 1. The van der Waals surface area contributed by atoms with E-state index in [0.717, 1.165) is 48.0 Å². The number of aliphatic carboxylic acids is 1. The highest BCUT2D eigenvalue weighted by Gasteiger charge is 2.35. The average Bonchev–Trinajstić information content (AvgIpc) is 3.22. The molecule has 8 heteroatoms. The van der Waals surface area contributed by atoms with Gasteiger partial charge in [-0.3, -0.25) is 19.5 Å². The molecule has 1 fully saturated rings. The summed E-state index contributed by atoms with van der Waals surface area (Å²) in [6.07, 6.45) is 0.470. The fraction of sp³-hybridized carbons (Fsp3) is 0.276. The molecule has 0 saturated carbocycles. The van der Waals surface area contributed by atoms with E-state index in [9.17, 15) is 14.0 Å². The summed E-state index contributed by atoms with van der Waals surface area (Å²) in [6, 6.07) is 19.9. The lowest BCUT2D eigenvalue weighted by molar-refractivity contribution is -0.137. The van der Waals surface area contributed by atoms with Gasteiger partial charge in [-0.2, -0.15) is 11.8 Å². The number of carbonyl (C=O) groups excluding carboxylic acids is 1. The van der Waals surface area contributed by atoms with E-state index in [1.165, 1.54) is 17.7 Å². The second kappa shape index (κ2) is 11.3. The molecule has 6 nitrogen and oxygen atoms in total. The van der Waals surface area contributed by atoms with Gasteiger partial charge in [0.2, 0.25) is 5.91 Å². The number of hydrogen-bond acceptors (Lipinski definition) is 5. The Bertz CT molecular complexity index is 1320. The average molecular weight is 518 g/mol. The molecule has 0 aliphatic carbocycles. The maximum absolute atomic E-state index is 13.8. The molecule has 0 bridgehead atoms. The van der Waals surface area contributed by atoms with E-state index in [4.69, 9.17) is 10.1 Å². The van der Waals surface area contributed by atoms with E-state index in [-0.39, 0.29) is 12.3 Å². The number of nitrogens with one attached hydrogen (secondary N) is 1. The molecule has 1 amide bonds. The Morgan fingerprint density at radius 3 is 2.43 bits per heavy atom. The van der Waals surface area contributed by atoms with Gasteiger partial charge in [-0.1, -0.05) is 42.5 Å². The van der Waals surface area contributed by atoms with Crippen LogP contribution in [0.4, 0.5) is 15.8 Å². The number of thioether (sulfide) groups is 1. The number of halogens is 1. The Morgan fingerprint density at radius 2 is 1.73 bits per heavy atom. The number of anilines is 1. The van der Waals surface area contributed by atoms with E-state index < -0.39 is 17.7 Å². The van der Waals surface area contributed by atoms with Crippen molar-refractivity contribution in [1.82, 2.24) is 4.90 Å². The van der Waals surface area contributed by atoms with E-state index in [1.807, 2.05) is 48.2 Å².